The molecule has 0 atom stereocenters. The van der Waals surface area contributed by atoms with Crippen molar-refractivity contribution < 1.29 is 9.47 Å². The van der Waals surface area contributed by atoms with Gasteiger partial charge in [-0.1, -0.05) is 12.1 Å². The van der Waals surface area contributed by atoms with Crippen LogP contribution in [0.15, 0.2) is 36.8 Å². The van der Waals surface area contributed by atoms with Crippen molar-refractivity contribution in [1.29, 1.82) is 5.26 Å². The average Bonchev–Trinajstić information content (AvgIpc) is 2.26. The summed E-state index contributed by atoms with van der Waals surface area (Å²) in [7, 11) is 0. The maximum Gasteiger partial charge on any atom is 0.176 e. The van der Waals surface area contributed by atoms with Crippen LogP contribution in [-0.2, 0) is 0 Å². The second-order valence-corrected chi connectivity index (χ2v) is 2.64. The number of hydrogen-bond acceptors (Lipinski definition) is 3. The molecule has 2 rings (SSSR count). The van der Waals surface area contributed by atoms with Crippen LogP contribution in [0.3, 0.4) is 0 Å². The van der Waals surface area contributed by atoms with Crippen molar-refractivity contribution in [2.24, 2.45) is 0 Å². The lowest BCUT2D eigenvalue weighted by Gasteiger charge is -2.13. The molecule has 1 heterocycles. The standard InChI is InChI=1S/C11H7NO2/c12-6-2-4-9-3-1-5-10-11(9)14-8-7-13-10/h1-5,7-8H/b4-2+. The predicted molar refractivity (Wildman–Crippen MR) is 51.5 cm³/mol. The highest BCUT2D eigenvalue weighted by atomic mass is 16.5. The van der Waals surface area contributed by atoms with Crippen molar-refractivity contribution in [3.05, 3.63) is 42.4 Å². The zero-order valence-corrected chi connectivity index (χ0v) is 7.31. The second kappa shape index (κ2) is 3.67. The van der Waals surface area contributed by atoms with Crippen molar-refractivity contribution >= 4 is 6.08 Å². The number of ether oxygens (including phenoxy) is 2. The van der Waals surface area contributed by atoms with E-state index < -0.39 is 0 Å². The van der Waals surface area contributed by atoms with E-state index in [-0.39, 0.29) is 0 Å². The van der Waals surface area contributed by atoms with Gasteiger partial charge in [-0.25, -0.2) is 0 Å². The summed E-state index contributed by atoms with van der Waals surface area (Å²) in [4.78, 5) is 0. The Morgan fingerprint density at radius 1 is 1.21 bits per heavy atom. The molecule has 0 N–H and O–H groups in total. The van der Waals surface area contributed by atoms with Crippen molar-refractivity contribution in [1.82, 2.24) is 0 Å². The molecule has 1 aromatic rings. The monoisotopic (exact) mass is 185 g/mol. The number of benzene rings is 1. The van der Waals surface area contributed by atoms with Gasteiger partial charge in [0.15, 0.2) is 11.5 Å². The molecule has 3 heteroatoms. The fourth-order valence-corrected chi connectivity index (χ4v) is 1.21. The van der Waals surface area contributed by atoms with E-state index in [4.69, 9.17) is 14.7 Å². The Kier molecular flexibility index (Phi) is 2.20. The normalized spacial score (nSPS) is 12.8. The van der Waals surface area contributed by atoms with Crippen LogP contribution in [0.25, 0.3) is 6.08 Å². The first kappa shape index (κ1) is 8.39. The van der Waals surface area contributed by atoms with Gasteiger partial charge in [0.25, 0.3) is 0 Å². The Bertz CT molecular complexity index is 441. The number of para-hydroxylation sites is 1. The highest BCUT2D eigenvalue weighted by Crippen LogP contribution is 2.34. The second-order valence-electron chi connectivity index (χ2n) is 2.64. The first-order valence-corrected chi connectivity index (χ1v) is 4.09. The molecular formula is C11H7NO2. The van der Waals surface area contributed by atoms with Gasteiger partial charge < -0.3 is 9.47 Å². The Morgan fingerprint density at radius 2 is 2.07 bits per heavy atom. The lowest BCUT2D eigenvalue weighted by atomic mass is 10.1. The van der Waals surface area contributed by atoms with Crippen LogP contribution < -0.4 is 9.47 Å². The van der Waals surface area contributed by atoms with Crippen molar-refractivity contribution in [3.8, 4) is 17.6 Å². The summed E-state index contributed by atoms with van der Waals surface area (Å²) >= 11 is 0. The van der Waals surface area contributed by atoms with E-state index in [1.54, 1.807) is 6.08 Å². The third-order valence-electron chi connectivity index (χ3n) is 1.78. The van der Waals surface area contributed by atoms with Gasteiger partial charge in [-0.05, 0) is 12.1 Å². The molecule has 0 aromatic heterocycles. The van der Waals surface area contributed by atoms with Crippen LogP contribution in [0.2, 0.25) is 0 Å². The molecule has 0 fully saturated rings. The van der Waals surface area contributed by atoms with Crippen LogP contribution in [0.5, 0.6) is 11.5 Å². The predicted octanol–water partition coefficient (Wildman–Crippen LogP) is 2.47. The Morgan fingerprint density at radius 3 is 2.93 bits per heavy atom. The summed E-state index contributed by atoms with van der Waals surface area (Å²) in [6.45, 7) is 0. The molecule has 0 radical (unpaired) electrons. The maximum atomic E-state index is 8.41. The van der Waals surface area contributed by atoms with E-state index in [1.165, 1.54) is 18.6 Å². The van der Waals surface area contributed by atoms with Gasteiger partial charge in [-0.3, -0.25) is 0 Å². The minimum Gasteiger partial charge on any atom is -0.458 e. The van der Waals surface area contributed by atoms with E-state index in [0.717, 1.165) is 5.56 Å². The number of nitrogens with zero attached hydrogens (tertiary/aromatic N) is 1. The van der Waals surface area contributed by atoms with E-state index in [2.05, 4.69) is 0 Å². The molecule has 3 nitrogen and oxygen atoms in total. The molecule has 14 heavy (non-hydrogen) atoms. The minimum absolute atomic E-state index is 0.640. The molecule has 1 aliphatic heterocycles. The fraction of sp³-hybridized carbons (Fsp3) is 0. The molecule has 0 saturated heterocycles. The quantitative estimate of drug-likeness (QED) is 0.631. The maximum absolute atomic E-state index is 8.41. The van der Waals surface area contributed by atoms with Crippen molar-refractivity contribution in [2.45, 2.75) is 0 Å². The number of rotatable bonds is 1. The van der Waals surface area contributed by atoms with Gasteiger partial charge >= 0.3 is 0 Å². The van der Waals surface area contributed by atoms with Gasteiger partial charge in [0.2, 0.25) is 0 Å². The molecular weight excluding hydrogens is 178 g/mol. The lowest BCUT2D eigenvalue weighted by Crippen LogP contribution is -1.97. The molecule has 0 aliphatic carbocycles. The average molecular weight is 185 g/mol. The van der Waals surface area contributed by atoms with Crippen LogP contribution in [0.4, 0.5) is 0 Å². The van der Waals surface area contributed by atoms with Gasteiger partial charge in [0.1, 0.15) is 12.5 Å². The van der Waals surface area contributed by atoms with Crippen molar-refractivity contribution in [3.63, 3.8) is 0 Å². The van der Waals surface area contributed by atoms with E-state index in [1.807, 2.05) is 24.3 Å². The molecule has 1 aliphatic rings. The minimum atomic E-state index is 0.640. The number of allylic oxidation sites excluding steroid dienone is 1. The first-order valence-electron chi connectivity index (χ1n) is 4.09. The van der Waals surface area contributed by atoms with Crippen LogP contribution in [-0.4, -0.2) is 0 Å². The highest BCUT2D eigenvalue weighted by molar-refractivity contribution is 5.64. The molecule has 0 amide bonds. The van der Waals surface area contributed by atoms with Gasteiger partial charge in [0.05, 0.1) is 6.07 Å². The van der Waals surface area contributed by atoms with Crippen LogP contribution in [0, 0.1) is 11.3 Å². The summed E-state index contributed by atoms with van der Waals surface area (Å²) < 4.78 is 10.5. The summed E-state index contributed by atoms with van der Waals surface area (Å²) in [5, 5.41) is 8.41. The highest BCUT2D eigenvalue weighted by Gasteiger charge is 2.10. The third-order valence-corrected chi connectivity index (χ3v) is 1.78. The molecule has 0 unspecified atom stereocenters. The van der Waals surface area contributed by atoms with Gasteiger partial charge in [-0.2, -0.15) is 5.26 Å². The number of hydrogen-bond donors (Lipinski definition) is 0. The summed E-state index contributed by atoms with van der Waals surface area (Å²) in [5.74, 6) is 1.30. The van der Waals surface area contributed by atoms with Gasteiger partial charge in [-0.15, -0.1) is 0 Å². The van der Waals surface area contributed by atoms with Crippen LogP contribution in [0.1, 0.15) is 5.56 Å². The lowest BCUT2D eigenvalue weighted by molar-refractivity contribution is 0.361. The van der Waals surface area contributed by atoms with E-state index in [9.17, 15) is 0 Å². The van der Waals surface area contributed by atoms with Crippen molar-refractivity contribution in [2.75, 3.05) is 0 Å². The molecule has 68 valence electrons. The van der Waals surface area contributed by atoms with E-state index >= 15 is 0 Å². The molecule has 0 spiro atoms. The van der Waals surface area contributed by atoms with Gasteiger partial charge in [0, 0.05) is 11.6 Å². The SMILES string of the molecule is N#C/C=C/c1cccc2c1OC=CO2. The number of fused-ring (bicyclic) bond motifs is 1. The smallest absolute Gasteiger partial charge is 0.176 e. The Balaban J connectivity index is 2.44. The largest absolute Gasteiger partial charge is 0.458 e. The topological polar surface area (TPSA) is 42.2 Å². The van der Waals surface area contributed by atoms with E-state index in [0.29, 0.717) is 11.5 Å². The Hall–Kier alpha value is -2.21. The first-order chi connectivity index (χ1) is 6.92. The summed E-state index contributed by atoms with van der Waals surface area (Å²) in [6.07, 6.45) is 6.02. The summed E-state index contributed by atoms with van der Waals surface area (Å²) in [5.41, 5.74) is 0.827. The number of nitriles is 1. The fourth-order valence-electron chi connectivity index (χ4n) is 1.21. The zero-order chi connectivity index (χ0) is 9.80. The molecule has 0 bridgehead atoms. The van der Waals surface area contributed by atoms with Crippen LogP contribution >= 0.6 is 0 Å². The Labute approximate surface area is 81.5 Å². The zero-order valence-electron chi connectivity index (χ0n) is 7.31. The summed E-state index contributed by atoms with van der Waals surface area (Å²) in [6, 6.07) is 7.44. The third kappa shape index (κ3) is 1.46. The molecule has 0 saturated carbocycles. The molecule has 1 aromatic carbocycles.